The molecule has 0 spiro atoms. The van der Waals surface area contributed by atoms with Crippen LogP contribution in [0.1, 0.15) is 21.5 Å². The number of fused-ring (bicyclic) bond motifs is 1. The van der Waals surface area contributed by atoms with Gasteiger partial charge in [-0.1, -0.05) is 114 Å². The first-order valence-corrected chi connectivity index (χ1v) is 14.2. The zero-order valence-electron chi connectivity index (χ0n) is 22.8. The van der Waals surface area contributed by atoms with Gasteiger partial charge in [0, 0.05) is 13.0 Å². The van der Waals surface area contributed by atoms with Crippen molar-refractivity contribution in [2.24, 2.45) is 0 Å². The summed E-state index contributed by atoms with van der Waals surface area (Å²) in [7, 11) is 0. The number of carbonyl (C=O) groups is 3. The van der Waals surface area contributed by atoms with Crippen molar-refractivity contribution in [3.05, 3.63) is 142 Å². The Hall–Kier alpha value is -4.85. The second-order valence-electron chi connectivity index (χ2n) is 9.88. The van der Waals surface area contributed by atoms with E-state index in [1.807, 2.05) is 84.9 Å². The summed E-state index contributed by atoms with van der Waals surface area (Å²) < 4.78 is 0. The Balaban J connectivity index is 1.56. The maximum atomic E-state index is 14.4. The molecule has 0 bridgehead atoms. The van der Waals surface area contributed by atoms with Crippen molar-refractivity contribution in [3.8, 4) is 0 Å². The number of aliphatic carboxylic acids is 1. The van der Waals surface area contributed by atoms with Gasteiger partial charge in [-0.05, 0) is 46.2 Å². The van der Waals surface area contributed by atoms with E-state index >= 15 is 0 Å². The third-order valence-corrected chi connectivity index (χ3v) is 7.59. The van der Waals surface area contributed by atoms with Gasteiger partial charge >= 0.3 is 12.0 Å². The number of benzene rings is 5. The van der Waals surface area contributed by atoms with Crippen LogP contribution in [0.15, 0.2) is 115 Å². The Kier molecular flexibility index (Phi) is 9.25. The minimum absolute atomic E-state index is 0.0389. The average Bonchev–Trinajstić information content (AvgIpc) is 3.01. The molecule has 7 nitrogen and oxygen atoms in total. The lowest BCUT2D eigenvalue weighted by Crippen LogP contribution is -2.46. The fourth-order valence-corrected chi connectivity index (χ4v) is 5.32. The van der Waals surface area contributed by atoms with Crippen LogP contribution < -0.4 is 10.6 Å². The Morgan fingerprint density at radius 3 is 1.86 bits per heavy atom. The van der Waals surface area contributed by atoms with Crippen molar-refractivity contribution >= 4 is 63.3 Å². The lowest BCUT2D eigenvalue weighted by molar-refractivity contribution is -0.142. The zero-order chi connectivity index (χ0) is 30.3. The molecule has 0 saturated heterocycles. The molecular weight excluding hydrogens is 585 g/mol. The van der Waals surface area contributed by atoms with Gasteiger partial charge in [0.25, 0.3) is 5.91 Å². The molecule has 0 heterocycles. The maximum absolute atomic E-state index is 14.4. The molecule has 1 atom stereocenters. The van der Waals surface area contributed by atoms with Crippen molar-refractivity contribution in [1.82, 2.24) is 4.90 Å². The van der Waals surface area contributed by atoms with Crippen molar-refractivity contribution < 1.29 is 19.5 Å². The van der Waals surface area contributed by atoms with Crippen molar-refractivity contribution in [2.75, 3.05) is 10.6 Å². The average molecular weight is 613 g/mol. The summed E-state index contributed by atoms with van der Waals surface area (Å²) in [5, 5.41) is 17.8. The van der Waals surface area contributed by atoms with Crippen LogP contribution in [0.3, 0.4) is 0 Å². The molecule has 0 radical (unpaired) electrons. The van der Waals surface area contributed by atoms with E-state index in [0.717, 1.165) is 21.9 Å². The van der Waals surface area contributed by atoms with Gasteiger partial charge in [-0.25, -0.2) is 9.59 Å². The van der Waals surface area contributed by atoms with Crippen LogP contribution in [0.4, 0.5) is 16.2 Å². The quantitative estimate of drug-likeness (QED) is 0.157. The summed E-state index contributed by atoms with van der Waals surface area (Å²) in [6.07, 6.45) is 0.0938. The van der Waals surface area contributed by atoms with E-state index in [2.05, 4.69) is 10.6 Å². The lowest BCUT2D eigenvalue weighted by atomic mass is 10.00. The van der Waals surface area contributed by atoms with E-state index in [0.29, 0.717) is 0 Å². The van der Waals surface area contributed by atoms with Gasteiger partial charge in [0.15, 0.2) is 0 Å². The van der Waals surface area contributed by atoms with Gasteiger partial charge in [0.05, 0.1) is 27.0 Å². The molecule has 5 aromatic carbocycles. The molecule has 9 heteroatoms. The van der Waals surface area contributed by atoms with Crippen LogP contribution in [0.25, 0.3) is 10.8 Å². The molecule has 5 aromatic rings. The third kappa shape index (κ3) is 7.15. The summed E-state index contributed by atoms with van der Waals surface area (Å²) in [6, 6.07) is 32.1. The summed E-state index contributed by atoms with van der Waals surface area (Å²) in [5.41, 5.74) is 2.09. The molecule has 216 valence electrons. The van der Waals surface area contributed by atoms with E-state index in [9.17, 15) is 19.5 Å². The van der Waals surface area contributed by atoms with Crippen LogP contribution in [0.5, 0.6) is 0 Å². The molecule has 43 heavy (non-hydrogen) atoms. The second-order valence-corrected chi connectivity index (χ2v) is 10.7. The van der Waals surface area contributed by atoms with E-state index in [1.54, 1.807) is 30.3 Å². The highest BCUT2D eigenvalue weighted by atomic mass is 35.5. The number of nitrogens with zero attached hydrogens (tertiary/aromatic N) is 1. The molecule has 5 rings (SSSR count). The Morgan fingerprint density at radius 1 is 0.698 bits per heavy atom. The Morgan fingerprint density at radius 2 is 1.26 bits per heavy atom. The number of halogens is 2. The largest absolute Gasteiger partial charge is 0.480 e. The molecule has 0 aromatic heterocycles. The first-order valence-electron chi connectivity index (χ1n) is 13.5. The molecule has 3 amide bonds. The van der Waals surface area contributed by atoms with Gasteiger partial charge in [0.1, 0.15) is 6.04 Å². The van der Waals surface area contributed by atoms with Crippen molar-refractivity contribution in [3.63, 3.8) is 0 Å². The van der Waals surface area contributed by atoms with Gasteiger partial charge in [-0.3, -0.25) is 4.79 Å². The normalized spacial score (nSPS) is 11.5. The van der Waals surface area contributed by atoms with Crippen molar-refractivity contribution in [1.29, 1.82) is 0 Å². The van der Waals surface area contributed by atoms with Gasteiger partial charge in [-0.15, -0.1) is 0 Å². The summed E-state index contributed by atoms with van der Waals surface area (Å²) in [6.45, 7) is 0.0389. The minimum atomic E-state index is -1.19. The summed E-state index contributed by atoms with van der Waals surface area (Å²) in [4.78, 5) is 41.7. The number of hydrogen-bond acceptors (Lipinski definition) is 3. The number of carboxylic acid groups (broad SMARTS) is 1. The summed E-state index contributed by atoms with van der Waals surface area (Å²) >= 11 is 12.5. The molecule has 3 N–H and O–H groups in total. The number of urea groups is 1. The number of hydrogen-bond donors (Lipinski definition) is 3. The number of rotatable bonds is 9. The third-order valence-electron chi connectivity index (χ3n) is 6.96. The number of para-hydroxylation sites is 1. The predicted octanol–water partition coefficient (Wildman–Crippen LogP) is 8.13. The SMILES string of the molecule is O=C(Nc1cc2ccccc2cc1C(=O)N(Cc1ccccc1)[C@@H](Cc1ccccc1)C(=O)O)Nc1c(Cl)cccc1Cl. The first-order chi connectivity index (χ1) is 20.8. The fourth-order valence-electron chi connectivity index (χ4n) is 4.83. The number of nitrogens with one attached hydrogen (secondary N) is 2. The summed E-state index contributed by atoms with van der Waals surface area (Å²) in [5.74, 6) is -1.70. The highest BCUT2D eigenvalue weighted by Gasteiger charge is 2.32. The van der Waals surface area contributed by atoms with Gasteiger partial charge in [-0.2, -0.15) is 0 Å². The number of anilines is 2. The number of carbonyl (C=O) groups excluding carboxylic acids is 2. The zero-order valence-corrected chi connectivity index (χ0v) is 24.3. The van der Waals surface area contributed by atoms with Gasteiger partial charge < -0.3 is 20.6 Å². The smallest absolute Gasteiger partial charge is 0.326 e. The topological polar surface area (TPSA) is 98.7 Å². The van der Waals surface area contributed by atoms with Crippen molar-refractivity contribution in [2.45, 2.75) is 19.0 Å². The first kappa shape index (κ1) is 29.6. The molecule has 0 fully saturated rings. The van der Waals surface area contributed by atoms with Crippen LogP contribution in [-0.2, 0) is 17.8 Å². The van der Waals surface area contributed by atoms with Crippen LogP contribution in [-0.4, -0.2) is 34.0 Å². The Bertz CT molecular complexity index is 1760. The molecule has 0 saturated carbocycles. The van der Waals surface area contributed by atoms with Crippen LogP contribution in [0.2, 0.25) is 10.0 Å². The standard InChI is InChI=1S/C34H27Cl2N3O4/c35-27-16-9-17-28(36)31(27)38-34(43)37-29-20-25-15-8-7-14-24(25)19-26(29)32(40)39(21-23-12-5-2-6-13-23)30(33(41)42)18-22-10-3-1-4-11-22/h1-17,19-20,30H,18,21H2,(H,41,42)(H2,37,38,43)/t30-/m0/s1. The molecule has 0 unspecified atom stereocenters. The lowest BCUT2D eigenvalue weighted by Gasteiger charge is -2.30. The molecule has 0 aliphatic carbocycles. The second kappa shape index (κ2) is 13.4. The van der Waals surface area contributed by atoms with Crippen LogP contribution >= 0.6 is 23.2 Å². The highest BCUT2D eigenvalue weighted by molar-refractivity contribution is 6.39. The minimum Gasteiger partial charge on any atom is -0.480 e. The van der Waals surface area contributed by atoms with E-state index in [-0.39, 0.29) is 39.9 Å². The van der Waals surface area contributed by atoms with E-state index in [1.165, 1.54) is 4.90 Å². The highest BCUT2D eigenvalue weighted by Crippen LogP contribution is 2.31. The Labute approximate surface area is 258 Å². The molecule has 0 aliphatic heterocycles. The molecule has 0 aliphatic rings. The maximum Gasteiger partial charge on any atom is 0.326 e. The van der Waals surface area contributed by atoms with E-state index in [4.69, 9.17) is 23.2 Å². The molecular formula is C34H27Cl2N3O4. The van der Waals surface area contributed by atoms with E-state index < -0.39 is 23.9 Å². The number of amides is 3. The monoisotopic (exact) mass is 611 g/mol. The fraction of sp³-hybridized carbons (Fsp3) is 0.0882. The van der Waals surface area contributed by atoms with Crippen LogP contribution in [0, 0.1) is 0 Å². The van der Waals surface area contributed by atoms with Gasteiger partial charge in [0.2, 0.25) is 0 Å². The number of carboxylic acids is 1. The predicted molar refractivity (Wildman–Crippen MR) is 171 cm³/mol.